The lowest BCUT2D eigenvalue weighted by Gasteiger charge is -2.20. The molecule has 1 aromatic rings. The van der Waals surface area contributed by atoms with E-state index in [9.17, 15) is 0 Å². The summed E-state index contributed by atoms with van der Waals surface area (Å²) in [7, 11) is 0. The molecular formula is C13H20ClN. The number of aryl methyl sites for hydroxylation is 1. The predicted molar refractivity (Wildman–Crippen MR) is 67.4 cm³/mol. The molecule has 1 N–H and O–H groups in total. The van der Waals surface area contributed by atoms with Gasteiger partial charge in [-0.3, -0.25) is 0 Å². The van der Waals surface area contributed by atoms with Gasteiger partial charge in [0.1, 0.15) is 0 Å². The van der Waals surface area contributed by atoms with E-state index in [1.165, 1.54) is 11.1 Å². The number of halogens is 1. The van der Waals surface area contributed by atoms with Gasteiger partial charge in [-0.25, -0.2) is 0 Å². The molecule has 0 aliphatic carbocycles. The molecule has 1 atom stereocenters. The van der Waals surface area contributed by atoms with Crippen LogP contribution in [-0.4, -0.2) is 11.9 Å². The molecule has 1 rings (SSSR count). The maximum Gasteiger partial charge on any atom is 0.0380 e. The SMILES string of the molecule is Cc1ccccc1CNC(CCl)C(C)C. The van der Waals surface area contributed by atoms with E-state index in [0.29, 0.717) is 17.8 Å². The molecule has 0 amide bonds. The average molecular weight is 226 g/mol. The molecule has 1 aromatic carbocycles. The average Bonchev–Trinajstić information content (AvgIpc) is 2.21. The Morgan fingerprint density at radius 2 is 1.93 bits per heavy atom. The van der Waals surface area contributed by atoms with Crippen LogP contribution in [0.3, 0.4) is 0 Å². The number of hydrogen-bond acceptors (Lipinski definition) is 1. The molecule has 2 heteroatoms. The van der Waals surface area contributed by atoms with Gasteiger partial charge in [0.15, 0.2) is 0 Å². The maximum atomic E-state index is 5.91. The Morgan fingerprint density at radius 1 is 1.27 bits per heavy atom. The van der Waals surface area contributed by atoms with Crippen molar-refractivity contribution in [2.45, 2.75) is 33.4 Å². The smallest absolute Gasteiger partial charge is 0.0380 e. The molecule has 0 aliphatic rings. The summed E-state index contributed by atoms with van der Waals surface area (Å²) in [4.78, 5) is 0. The van der Waals surface area contributed by atoms with E-state index >= 15 is 0 Å². The minimum absolute atomic E-state index is 0.395. The van der Waals surface area contributed by atoms with Crippen LogP contribution in [0.2, 0.25) is 0 Å². The second kappa shape index (κ2) is 6.14. The Kier molecular flexibility index (Phi) is 5.13. The quantitative estimate of drug-likeness (QED) is 0.758. The van der Waals surface area contributed by atoms with E-state index in [-0.39, 0.29) is 0 Å². The van der Waals surface area contributed by atoms with Crippen LogP contribution in [0.1, 0.15) is 25.0 Å². The van der Waals surface area contributed by atoms with Crippen molar-refractivity contribution < 1.29 is 0 Å². The summed E-state index contributed by atoms with van der Waals surface area (Å²) in [6.45, 7) is 7.43. The van der Waals surface area contributed by atoms with Crippen LogP contribution in [0.5, 0.6) is 0 Å². The zero-order valence-corrected chi connectivity index (χ0v) is 10.5. The molecular weight excluding hydrogens is 206 g/mol. The molecule has 0 aromatic heterocycles. The van der Waals surface area contributed by atoms with E-state index in [0.717, 1.165) is 6.54 Å². The highest BCUT2D eigenvalue weighted by molar-refractivity contribution is 6.18. The van der Waals surface area contributed by atoms with Crippen molar-refractivity contribution >= 4 is 11.6 Å². The molecule has 15 heavy (non-hydrogen) atoms. The molecule has 1 unspecified atom stereocenters. The first-order valence-corrected chi connectivity index (χ1v) is 6.02. The van der Waals surface area contributed by atoms with Gasteiger partial charge in [0.2, 0.25) is 0 Å². The zero-order valence-electron chi connectivity index (χ0n) is 9.76. The standard InChI is InChI=1S/C13H20ClN/c1-10(2)13(8-14)15-9-12-7-5-4-6-11(12)3/h4-7,10,13,15H,8-9H2,1-3H3. The van der Waals surface area contributed by atoms with Crippen LogP contribution >= 0.6 is 11.6 Å². The largest absolute Gasteiger partial charge is 0.308 e. The van der Waals surface area contributed by atoms with E-state index < -0.39 is 0 Å². The first kappa shape index (κ1) is 12.5. The summed E-state index contributed by atoms with van der Waals surface area (Å²) in [6.07, 6.45) is 0. The van der Waals surface area contributed by atoms with Gasteiger partial charge in [0, 0.05) is 18.5 Å². The van der Waals surface area contributed by atoms with Gasteiger partial charge >= 0.3 is 0 Å². The fourth-order valence-corrected chi connectivity index (χ4v) is 1.98. The van der Waals surface area contributed by atoms with Gasteiger partial charge in [-0.15, -0.1) is 11.6 Å². The first-order chi connectivity index (χ1) is 7.15. The fraction of sp³-hybridized carbons (Fsp3) is 0.538. The Hall–Kier alpha value is -0.530. The number of benzene rings is 1. The molecule has 84 valence electrons. The van der Waals surface area contributed by atoms with Crippen molar-refractivity contribution in [3.8, 4) is 0 Å². The highest BCUT2D eigenvalue weighted by atomic mass is 35.5. The van der Waals surface area contributed by atoms with E-state index in [1.807, 2.05) is 0 Å². The zero-order chi connectivity index (χ0) is 11.3. The van der Waals surface area contributed by atoms with Crippen molar-refractivity contribution in [2.24, 2.45) is 5.92 Å². The third-order valence-electron chi connectivity index (χ3n) is 2.79. The first-order valence-electron chi connectivity index (χ1n) is 5.49. The van der Waals surface area contributed by atoms with Gasteiger partial charge in [-0.1, -0.05) is 38.1 Å². The number of hydrogen-bond donors (Lipinski definition) is 1. The monoisotopic (exact) mass is 225 g/mol. The van der Waals surface area contributed by atoms with Gasteiger partial charge in [0.25, 0.3) is 0 Å². The summed E-state index contributed by atoms with van der Waals surface area (Å²) in [6, 6.07) is 8.84. The second-order valence-corrected chi connectivity index (χ2v) is 4.62. The van der Waals surface area contributed by atoms with Crippen molar-refractivity contribution in [3.05, 3.63) is 35.4 Å². The molecule has 0 aliphatic heterocycles. The van der Waals surface area contributed by atoms with Gasteiger partial charge in [-0.2, -0.15) is 0 Å². The summed E-state index contributed by atoms with van der Waals surface area (Å²) in [5.41, 5.74) is 2.69. The van der Waals surface area contributed by atoms with Gasteiger partial charge in [0.05, 0.1) is 0 Å². The third kappa shape index (κ3) is 3.84. The molecule has 0 saturated heterocycles. The highest BCUT2D eigenvalue weighted by Gasteiger charge is 2.11. The highest BCUT2D eigenvalue weighted by Crippen LogP contribution is 2.09. The Balaban J connectivity index is 2.53. The van der Waals surface area contributed by atoms with Crippen LogP contribution in [0.4, 0.5) is 0 Å². The minimum atomic E-state index is 0.395. The third-order valence-corrected chi connectivity index (χ3v) is 3.12. The molecule has 0 spiro atoms. The van der Waals surface area contributed by atoms with Crippen molar-refractivity contribution in [2.75, 3.05) is 5.88 Å². The van der Waals surface area contributed by atoms with Crippen molar-refractivity contribution in [1.29, 1.82) is 0 Å². The summed E-state index contributed by atoms with van der Waals surface area (Å²) >= 11 is 5.91. The Labute approximate surface area is 97.8 Å². The summed E-state index contributed by atoms with van der Waals surface area (Å²) in [5.74, 6) is 1.25. The lowest BCUT2D eigenvalue weighted by atomic mass is 10.0. The lowest BCUT2D eigenvalue weighted by Crippen LogP contribution is -2.35. The molecule has 1 nitrogen and oxygen atoms in total. The molecule has 0 fully saturated rings. The van der Waals surface area contributed by atoms with Crippen LogP contribution < -0.4 is 5.32 Å². The molecule has 0 bridgehead atoms. The van der Waals surface area contributed by atoms with Gasteiger partial charge < -0.3 is 5.32 Å². The minimum Gasteiger partial charge on any atom is -0.308 e. The molecule has 0 saturated carbocycles. The van der Waals surface area contributed by atoms with E-state index in [4.69, 9.17) is 11.6 Å². The fourth-order valence-electron chi connectivity index (χ4n) is 1.52. The lowest BCUT2D eigenvalue weighted by molar-refractivity contribution is 0.430. The van der Waals surface area contributed by atoms with Crippen molar-refractivity contribution in [3.63, 3.8) is 0 Å². The topological polar surface area (TPSA) is 12.0 Å². The summed E-state index contributed by atoms with van der Waals surface area (Å²) in [5, 5.41) is 3.49. The van der Waals surface area contributed by atoms with Crippen molar-refractivity contribution in [1.82, 2.24) is 5.32 Å². The Bertz CT molecular complexity index is 296. The second-order valence-electron chi connectivity index (χ2n) is 4.31. The number of alkyl halides is 1. The van der Waals surface area contributed by atoms with Crippen LogP contribution in [0, 0.1) is 12.8 Å². The van der Waals surface area contributed by atoms with Crippen LogP contribution in [-0.2, 0) is 6.54 Å². The maximum absolute atomic E-state index is 5.91. The number of rotatable bonds is 5. The Morgan fingerprint density at radius 3 is 2.47 bits per heavy atom. The molecule has 0 radical (unpaired) electrons. The summed E-state index contributed by atoms with van der Waals surface area (Å²) < 4.78 is 0. The van der Waals surface area contributed by atoms with E-state index in [1.54, 1.807) is 0 Å². The van der Waals surface area contributed by atoms with Gasteiger partial charge in [-0.05, 0) is 24.0 Å². The van der Waals surface area contributed by atoms with Crippen LogP contribution in [0.15, 0.2) is 24.3 Å². The van der Waals surface area contributed by atoms with E-state index in [2.05, 4.69) is 50.4 Å². The molecule has 0 heterocycles. The predicted octanol–water partition coefficient (Wildman–Crippen LogP) is 3.35. The van der Waals surface area contributed by atoms with Crippen LogP contribution in [0.25, 0.3) is 0 Å². The normalized spacial score (nSPS) is 13.1. The number of nitrogens with one attached hydrogen (secondary N) is 1.